The Hall–Kier alpha value is -5.22. The SMILES string of the molecule is CC(C)C[C@H]1C(=O)O[C@H](Cc2ccc(Cl)cc2)C(=O)N(C)[C@@H](CC(C)C)C(=O)O[C@H](C)C(=O)N(C)[C@@H](CC(C)C)C(=O)O[C@H](Cc2ccc(Cl)cc2)C(=O)N(C)[C@@H](CC(C)C)C(=O)O[C@H](C)C(=O)N1C. The average Bonchev–Trinajstić information content (AvgIpc) is 3.29. The van der Waals surface area contributed by atoms with E-state index in [-0.39, 0.29) is 62.2 Å². The van der Waals surface area contributed by atoms with Crippen LogP contribution in [-0.4, -0.2) is 144 Å². The summed E-state index contributed by atoms with van der Waals surface area (Å²) in [6.07, 6.45) is -5.95. The van der Waals surface area contributed by atoms with Gasteiger partial charge in [0.1, 0.15) is 24.2 Å². The van der Waals surface area contributed by atoms with Crippen molar-refractivity contribution in [3.8, 4) is 0 Å². The van der Waals surface area contributed by atoms with Gasteiger partial charge in [0.05, 0.1) is 0 Å². The van der Waals surface area contributed by atoms with E-state index < -0.39 is 96.1 Å². The molecule has 0 bridgehead atoms. The minimum absolute atomic E-state index is 0.0844. The van der Waals surface area contributed by atoms with Gasteiger partial charge in [-0.15, -0.1) is 0 Å². The van der Waals surface area contributed by atoms with Gasteiger partial charge in [-0.05, 0) is 98.6 Å². The molecule has 0 N–H and O–H groups in total. The maximum Gasteiger partial charge on any atom is 0.329 e. The molecular weight excluding hydrogens is 943 g/mol. The smallest absolute Gasteiger partial charge is 0.329 e. The van der Waals surface area contributed by atoms with Crippen LogP contribution >= 0.6 is 23.2 Å². The molecule has 16 nitrogen and oxygen atoms in total. The van der Waals surface area contributed by atoms with Gasteiger partial charge in [0.25, 0.3) is 23.6 Å². The van der Waals surface area contributed by atoms with Gasteiger partial charge in [-0.1, -0.05) is 103 Å². The van der Waals surface area contributed by atoms with Crippen LogP contribution in [0.4, 0.5) is 0 Å². The molecule has 4 amide bonds. The molecule has 1 aliphatic heterocycles. The van der Waals surface area contributed by atoms with Gasteiger partial charge in [0, 0.05) is 51.1 Å². The molecule has 2 aromatic carbocycles. The molecule has 2 aromatic rings. The summed E-state index contributed by atoms with van der Waals surface area (Å²) in [5.74, 6) is -7.47. The first-order valence-corrected chi connectivity index (χ1v) is 24.8. The summed E-state index contributed by atoms with van der Waals surface area (Å²) < 4.78 is 23.7. The lowest BCUT2D eigenvalue weighted by atomic mass is 10.00. The van der Waals surface area contributed by atoms with Crippen LogP contribution in [0.1, 0.15) is 106 Å². The minimum Gasteiger partial charge on any atom is -0.451 e. The second kappa shape index (κ2) is 26.8. The van der Waals surface area contributed by atoms with Crippen molar-refractivity contribution in [1.82, 2.24) is 19.6 Å². The van der Waals surface area contributed by atoms with E-state index in [1.54, 1.807) is 48.5 Å². The van der Waals surface area contributed by atoms with Gasteiger partial charge in [0.15, 0.2) is 24.4 Å². The highest BCUT2D eigenvalue weighted by atomic mass is 35.5. The third kappa shape index (κ3) is 17.0. The van der Waals surface area contributed by atoms with Gasteiger partial charge >= 0.3 is 23.9 Å². The summed E-state index contributed by atoms with van der Waals surface area (Å²) in [6, 6.07) is 8.01. The van der Waals surface area contributed by atoms with E-state index in [9.17, 15) is 38.4 Å². The Balaban J connectivity index is 2.26. The number of cyclic esters (lactones) is 4. The summed E-state index contributed by atoms with van der Waals surface area (Å²) in [7, 11) is 5.48. The molecule has 70 heavy (non-hydrogen) atoms. The van der Waals surface area contributed by atoms with E-state index in [1.807, 2.05) is 55.4 Å². The van der Waals surface area contributed by atoms with Crippen LogP contribution in [0.25, 0.3) is 0 Å². The fourth-order valence-corrected chi connectivity index (χ4v) is 8.40. The molecule has 0 spiro atoms. The van der Waals surface area contributed by atoms with Crippen LogP contribution in [0.3, 0.4) is 0 Å². The fraction of sp³-hybridized carbons (Fsp3) is 0.615. The highest BCUT2D eigenvalue weighted by Gasteiger charge is 2.43. The highest BCUT2D eigenvalue weighted by Crippen LogP contribution is 2.25. The van der Waals surface area contributed by atoms with Crippen molar-refractivity contribution in [3.05, 3.63) is 69.7 Å². The molecule has 3 rings (SSSR count). The zero-order chi connectivity index (χ0) is 52.9. The zero-order valence-corrected chi connectivity index (χ0v) is 44.7. The molecule has 18 heteroatoms. The molecule has 1 aliphatic rings. The van der Waals surface area contributed by atoms with Gasteiger partial charge < -0.3 is 38.5 Å². The Morgan fingerprint density at radius 2 is 0.629 bits per heavy atom. The zero-order valence-electron chi connectivity index (χ0n) is 43.2. The Kier molecular flexibility index (Phi) is 22.7. The Bertz CT molecular complexity index is 1970. The third-order valence-electron chi connectivity index (χ3n) is 12.1. The number of carbonyl (C=O) groups excluding carboxylic acids is 8. The van der Waals surface area contributed by atoms with Crippen LogP contribution < -0.4 is 0 Å². The van der Waals surface area contributed by atoms with Crippen LogP contribution in [0.15, 0.2) is 48.5 Å². The standard InChI is InChI=1S/C52H74Cl2N4O12/c1-29(2)23-39-49(63)67-33(9)45(59)55(11)42(26-32(7)8)52(66)70-44(28-36-17-21-38(54)22-18-36)48(62)58(14)40(24-30(3)4)50(64)68-34(10)46(60)56(12)41(25-31(5)6)51(65)69-43(47(61)57(39)13)27-35-15-19-37(53)20-16-35/h15-22,29-34,39-44H,23-28H2,1-14H3/t33-,34-,39+,40+,41+,42+,43-,44-/m1/s1. The van der Waals surface area contributed by atoms with Gasteiger partial charge in [-0.3, -0.25) is 19.2 Å². The maximum absolute atomic E-state index is 14.7. The number of carbonyl (C=O) groups is 8. The lowest BCUT2D eigenvalue weighted by molar-refractivity contribution is -0.176. The van der Waals surface area contributed by atoms with Gasteiger partial charge in [0.2, 0.25) is 0 Å². The fourth-order valence-electron chi connectivity index (χ4n) is 8.15. The Labute approximate surface area is 423 Å². The molecule has 0 radical (unpaired) electrons. The number of halogens is 2. The molecule has 1 heterocycles. The number of rotatable bonds is 12. The Morgan fingerprint density at radius 3 is 0.871 bits per heavy atom. The summed E-state index contributed by atoms with van der Waals surface area (Å²) in [5, 5.41) is 0.858. The molecule has 8 atom stereocenters. The monoisotopic (exact) mass is 1020 g/mol. The number of nitrogens with zero attached hydrogens (tertiary/aromatic N) is 4. The molecule has 0 saturated carbocycles. The summed E-state index contributed by atoms with van der Waals surface area (Å²) in [6.45, 7) is 17.4. The number of amides is 4. The van der Waals surface area contributed by atoms with Gasteiger partial charge in [-0.2, -0.15) is 0 Å². The minimum atomic E-state index is -1.53. The Morgan fingerprint density at radius 1 is 0.400 bits per heavy atom. The predicted octanol–water partition coefficient (Wildman–Crippen LogP) is 6.97. The number of likely N-dealkylation sites (N-methyl/N-ethyl adjacent to an activating group) is 4. The van der Waals surface area contributed by atoms with Crippen molar-refractivity contribution in [2.75, 3.05) is 28.2 Å². The third-order valence-corrected chi connectivity index (χ3v) is 12.6. The second-order valence-corrected chi connectivity index (χ2v) is 20.9. The number of ether oxygens (including phenoxy) is 4. The molecule has 0 aromatic heterocycles. The summed E-state index contributed by atoms with van der Waals surface area (Å²) >= 11 is 12.4. The molecule has 388 valence electrons. The van der Waals surface area contributed by atoms with E-state index in [2.05, 4.69) is 0 Å². The first-order chi connectivity index (χ1) is 32.6. The normalized spacial score (nSPS) is 24.9. The lowest BCUT2D eigenvalue weighted by Crippen LogP contribution is -2.55. The number of benzene rings is 2. The molecule has 0 aliphatic carbocycles. The van der Waals surface area contributed by atoms with Crippen molar-refractivity contribution in [2.45, 2.75) is 156 Å². The molecule has 1 saturated heterocycles. The van der Waals surface area contributed by atoms with Crippen molar-refractivity contribution >= 4 is 70.7 Å². The van der Waals surface area contributed by atoms with E-state index in [0.717, 1.165) is 19.6 Å². The first-order valence-electron chi connectivity index (χ1n) is 24.0. The summed E-state index contributed by atoms with van der Waals surface area (Å²) in [4.78, 5) is 120. The maximum atomic E-state index is 14.7. The van der Waals surface area contributed by atoms with Crippen molar-refractivity contribution < 1.29 is 57.3 Å². The first kappa shape index (κ1) is 59.1. The van der Waals surface area contributed by atoms with E-state index in [0.29, 0.717) is 21.2 Å². The van der Waals surface area contributed by atoms with E-state index >= 15 is 0 Å². The quantitative estimate of drug-likeness (QED) is 0.157. The van der Waals surface area contributed by atoms with Crippen molar-refractivity contribution in [3.63, 3.8) is 0 Å². The van der Waals surface area contributed by atoms with E-state index in [1.165, 1.54) is 42.0 Å². The molecule has 1 fully saturated rings. The number of hydrogen-bond acceptors (Lipinski definition) is 12. The van der Waals surface area contributed by atoms with E-state index in [4.69, 9.17) is 42.1 Å². The highest BCUT2D eigenvalue weighted by molar-refractivity contribution is 6.30. The second-order valence-electron chi connectivity index (χ2n) is 20.0. The molecular formula is C52H74Cl2N4O12. The van der Waals surface area contributed by atoms with Crippen molar-refractivity contribution in [2.24, 2.45) is 23.7 Å². The van der Waals surface area contributed by atoms with Crippen LogP contribution in [-0.2, 0) is 70.1 Å². The lowest BCUT2D eigenvalue weighted by Gasteiger charge is -2.35. The summed E-state index contributed by atoms with van der Waals surface area (Å²) in [5.41, 5.74) is 1.14. The van der Waals surface area contributed by atoms with Crippen LogP contribution in [0.2, 0.25) is 10.0 Å². The number of hydrogen-bond donors (Lipinski definition) is 0. The average molecular weight is 1020 g/mol. The topological polar surface area (TPSA) is 186 Å². The largest absolute Gasteiger partial charge is 0.451 e. The predicted molar refractivity (Wildman–Crippen MR) is 265 cm³/mol. The van der Waals surface area contributed by atoms with Crippen LogP contribution in [0.5, 0.6) is 0 Å². The molecule has 0 unspecified atom stereocenters. The van der Waals surface area contributed by atoms with Crippen molar-refractivity contribution in [1.29, 1.82) is 0 Å². The van der Waals surface area contributed by atoms with Gasteiger partial charge in [-0.25, -0.2) is 19.2 Å². The number of esters is 4. The van der Waals surface area contributed by atoms with Crippen LogP contribution in [0, 0.1) is 23.7 Å².